The van der Waals surface area contributed by atoms with Crippen molar-refractivity contribution in [3.63, 3.8) is 0 Å². The number of halogens is 2. The molecule has 1 N–H and O–H groups in total. The number of nitrogens with zero attached hydrogens (tertiary/aromatic N) is 2. The zero-order valence-corrected chi connectivity index (χ0v) is 17.9. The molecule has 1 aliphatic heterocycles. The van der Waals surface area contributed by atoms with E-state index in [0.29, 0.717) is 22.2 Å². The van der Waals surface area contributed by atoms with Gasteiger partial charge in [-0.1, -0.05) is 57.5 Å². The van der Waals surface area contributed by atoms with Crippen LogP contribution in [0.3, 0.4) is 0 Å². The second-order valence-corrected chi connectivity index (χ2v) is 8.44. The van der Waals surface area contributed by atoms with Crippen molar-refractivity contribution >= 4 is 56.8 Å². The number of nitriles is 1. The smallest absolute Gasteiger partial charge is 0.264 e. The lowest BCUT2D eigenvalue weighted by Crippen LogP contribution is -2.31. The van der Waals surface area contributed by atoms with Crippen LogP contribution in [0, 0.1) is 11.3 Å². The highest BCUT2D eigenvalue weighted by atomic mass is 79.9. The number of thioether (sulfide) groups is 1. The first-order valence-corrected chi connectivity index (χ1v) is 10.4. The van der Waals surface area contributed by atoms with Crippen molar-refractivity contribution in [2.75, 3.05) is 11.9 Å². The molecule has 0 unspecified atom stereocenters. The lowest BCUT2D eigenvalue weighted by atomic mass is 10.1. The lowest BCUT2D eigenvalue weighted by molar-refractivity contribution is -0.117. The maximum absolute atomic E-state index is 13.2. The molecule has 1 heterocycles. The number of carbonyl (C=O) groups is 2. The van der Waals surface area contributed by atoms with Gasteiger partial charge < -0.3 is 5.32 Å². The van der Waals surface area contributed by atoms with Crippen LogP contribution in [0.15, 0.2) is 63.6 Å². The molecule has 0 saturated carbocycles. The van der Waals surface area contributed by atoms with Gasteiger partial charge in [-0.3, -0.25) is 14.5 Å². The number of hydrogen-bond donors (Lipinski definition) is 1. The van der Waals surface area contributed by atoms with Crippen LogP contribution in [0.2, 0.25) is 5.02 Å². The van der Waals surface area contributed by atoms with Crippen LogP contribution in [0.4, 0.5) is 5.69 Å². The number of carbonyl (C=O) groups excluding carboxylic acids is 2. The maximum Gasteiger partial charge on any atom is 0.264 e. The summed E-state index contributed by atoms with van der Waals surface area (Å²) in [6, 6.07) is 16.4. The van der Waals surface area contributed by atoms with Gasteiger partial charge in [-0.25, -0.2) is 0 Å². The highest BCUT2D eigenvalue weighted by Gasteiger charge is 2.40. The first-order valence-electron chi connectivity index (χ1n) is 8.32. The second kappa shape index (κ2) is 8.82. The minimum absolute atomic E-state index is 0.0922. The molecule has 0 spiro atoms. The molecular weight excluding hydrogens is 462 g/mol. The molecule has 2 aromatic rings. The van der Waals surface area contributed by atoms with Crippen LogP contribution in [0.1, 0.15) is 5.56 Å². The van der Waals surface area contributed by atoms with Gasteiger partial charge in [0.05, 0.1) is 5.25 Å². The molecule has 0 aliphatic carbocycles. The van der Waals surface area contributed by atoms with Gasteiger partial charge in [-0.2, -0.15) is 5.26 Å². The van der Waals surface area contributed by atoms with E-state index in [-0.39, 0.29) is 11.5 Å². The highest BCUT2D eigenvalue weighted by Crippen LogP contribution is 2.42. The van der Waals surface area contributed by atoms with Crippen LogP contribution in [0.25, 0.3) is 0 Å². The summed E-state index contributed by atoms with van der Waals surface area (Å²) in [5, 5.41) is 12.4. The van der Waals surface area contributed by atoms with E-state index >= 15 is 0 Å². The summed E-state index contributed by atoms with van der Waals surface area (Å²) >= 11 is 10.8. The maximum atomic E-state index is 13.2. The average Bonchev–Trinajstić information content (AvgIpc) is 3.01. The largest absolute Gasteiger partial charge is 0.354 e. The highest BCUT2D eigenvalue weighted by molar-refractivity contribution is 9.10. The van der Waals surface area contributed by atoms with Crippen molar-refractivity contribution in [1.82, 2.24) is 5.32 Å². The molecule has 1 aliphatic rings. The quantitative estimate of drug-likeness (QED) is 0.528. The number of amides is 2. The van der Waals surface area contributed by atoms with Crippen molar-refractivity contribution < 1.29 is 9.59 Å². The third-order valence-electron chi connectivity index (χ3n) is 4.18. The van der Waals surface area contributed by atoms with Gasteiger partial charge in [-0.15, -0.1) is 0 Å². The van der Waals surface area contributed by atoms with Crippen LogP contribution in [-0.4, -0.2) is 24.1 Å². The molecule has 1 atom stereocenters. The zero-order chi connectivity index (χ0) is 20.3. The van der Waals surface area contributed by atoms with Gasteiger partial charge >= 0.3 is 0 Å². The van der Waals surface area contributed by atoms with Crippen molar-refractivity contribution in [3.8, 4) is 6.07 Å². The Balaban J connectivity index is 2.06. The van der Waals surface area contributed by atoms with Crippen LogP contribution < -0.4 is 10.2 Å². The monoisotopic (exact) mass is 475 g/mol. The Labute approximate surface area is 180 Å². The van der Waals surface area contributed by atoms with E-state index in [1.807, 2.05) is 24.3 Å². The predicted octanol–water partition coefficient (Wildman–Crippen LogP) is 4.27. The van der Waals surface area contributed by atoms with Crippen molar-refractivity contribution in [2.24, 2.45) is 0 Å². The molecule has 0 bridgehead atoms. The van der Waals surface area contributed by atoms with E-state index in [9.17, 15) is 14.9 Å². The predicted molar refractivity (Wildman–Crippen MR) is 115 cm³/mol. The second-order valence-electron chi connectivity index (χ2n) is 5.92. The molecule has 2 amide bonds. The summed E-state index contributed by atoms with van der Waals surface area (Å²) in [4.78, 5) is 26.9. The minimum atomic E-state index is -0.529. The first kappa shape index (κ1) is 20.5. The number of likely N-dealkylation sites (N-methyl/N-ethyl adjacent to an activating group) is 1. The molecule has 3 rings (SSSR count). The van der Waals surface area contributed by atoms with Crippen molar-refractivity contribution in [1.29, 1.82) is 5.26 Å². The van der Waals surface area contributed by atoms with E-state index in [1.54, 1.807) is 30.3 Å². The van der Waals surface area contributed by atoms with E-state index in [0.717, 1.165) is 10.0 Å². The molecule has 0 radical (unpaired) electrons. The Morgan fingerprint density at radius 2 is 1.96 bits per heavy atom. The lowest BCUT2D eigenvalue weighted by Gasteiger charge is -2.18. The first-order chi connectivity index (χ1) is 13.5. The third kappa shape index (κ3) is 4.09. The Morgan fingerprint density at radius 3 is 2.57 bits per heavy atom. The Bertz CT molecular complexity index is 1000. The van der Waals surface area contributed by atoms with Gasteiger partial charge in [-0.05, 0) is 42.3 Å². The summed E-state index contributed by atoms with van der Waals surface area (Å²) < 4.78 is 0.862. The minimum Gasteiger partial charge on any atom is -0.354 e. The van der Waals surface area contributed by atoms with E-state index in [4.69, 9.17) is 11.6 Å². The summed E-state index contributed by atoms with van der Waals surface area (Å²) in [6.45, 7) is 0. The third-order valence-corrected chi connectivity index (χ3v) is 6.34. The van der Waals surface area contributed by atoms with Gasteiger partial charge in [0.25, 0.3) is 5.91 Å². The molecular formula is C20H15BrClN3O2S. The summed E-state index contributed by atoms with van der Waals surface area (Å²) in [5.41, 5.74) is 1.34. The van der Waals surface area contributed by atoms with Crippen molar-refractivity contribution in [2.45, 2.75) is 11.7 Å². The van der Waals surface area contributed by atoms with E-state index in [2.05, 4.69) is 21.2 Å². The van der Waals surface area contributed by atoms with Crippen LogP contribution >= 0.6 is 39.3 Å². The molecule has 142 valence electrons. The van der Waals surface area contributed by atoms with Crippen LogP contribution in [0.5, 0.6) is 0 Å². The Kier molecular flexibility index (Phi) is 6.45. The summed E-state index contributed by atoms with van der Waals surface area (Å²) in [5.74, 6) is -0.725. The van der Waals surface area contributed by atoms with Crippen LogP contribution in [-0.2, 0) is 16.0 Å². The SMILES string of the molecule is CNC(=O)/C(C#N)=C1\S[C@H](Cc2ccccc2Cl)C(=O)N1c1ccc(Br)cc1. The number of rotatable bonds is 4. The fraction of sp³-hybridized carbons (Fsp3) is 0.150. The molecule has 28 heavy (non-hydrogen) atoms. The normalized spacial score (nSPS) is 18.0. The number of anilines is 1. The van der Waals surface area contributed by atoms with E-state index < -0.39 is 11.2 Å². The molecule has 8 heteroatoms. The van der Waals surface area contributed by atoms with Gasteiger partial charge in [0, 0.05) is 22.2 Å². The molecule has 0 aromatic heterocycles. The average molecular weight is 477 g/mol. The number of hydrogen-bond acceptors (Lipinski definition) is 4. The summed E-state index contributed by atoms with van der Waals surface area (Å²) in [7, 11) is 1.45. The molecule has 2 aromatic carbocycles. The zero-order valence-electron chi connectivity index (χ0n) is 14.8. The molecule has 1 fully saturated rings. The van der Waals surface area contributed by atoms with Crippen molar-refractivity contribution in [3.05, 3.63) is 74.2 Å². The molecule has 5 nitrogen and oxygen atoms in total. The van der Waals surface area contributed by atoms with Gasteiger partial charge in [0.2, 0.25) is 5.91 Å². The Morgan fingerprint density at radius 1 is 1.29 bits per heavy atom. The fourth-order valence-corrected chi connectivity index (χ4v) is 4.57. The molecule has 1 saturated heterocycles. The summed E-state index contributed by atoms with van der Waals surface area (Å²) in [6.07, 6.45) is 0.395. The Hall–Kier alpha value is -2.27. The van der Waals surface area contributed by atoms with E-state index in [1.165, 1.54) is 23.7 Å². The van der Waals surface area contributed by atoms with Gasteiger partial charge in [0.15, 0.2) is 0 Å². The van der Waals surface area contributed by atoms with Gasteiger partial charge in [0.1, 0.15) is 16.7 Å². The fourth-order valence-electron chi connectivity index (χ4n) is 2.80. The number of benzene rings is 2. The number of nitrogens with one attached hydrogen (secondary N) is 1. The standard InChI is InChI=1S/C20H15BrClN3O2S/c1-24-18(26)15(11-23)20-25(14-8-6-13(21)7-9-14)19(27)17(28-20)10-12-4-2-3-5-16(12)22/h2-9,17H,10H2,1H3,(H,24,26)/b20-15-/t17-/m1/s1. The topological polar surface area (TPSA) is 73.2 Å².